The van der Waals surface area contributed by atoms with Crippen LogP contribution >= 0.6 is 23.8 Å². The van der Waals surface area contributed by atoms with E-state index in [1.54, 1.807) is 54.6 Å². The van der Waals surface area contributed by atoms with Crippen LogP contribution in [-0.2, 0) is 23.4 Å². The average Bonchev–Trinajstić information content (AvgIpc) is 3.08. The molecule has 0 aliphatic rings. The summed E-state index contributed by atoms with van der Waals surface area (Å²) in [6.07, 6.45) is -4.88. The number of para-hydroxylation sites is 1. The quantitative estimate of drug-likeness (QED) is 0.208. The summed E-state index contributed by atoms with van der Waals surface area (Å²) in [6.45, 7) is 6.05. The lowest BCUT2D eigenvalue weighted by atomic mass is 9.86. The van der Waals surface area contributed by atoms with E-state index in [1.807, 2.05) is 26.8 Å². The van der Waals surface area contributed by atoms with Crippen LogP contribution in [0.5, 0.6) is 5.75 Å². The van der Waals surface area contributed by atoms with Crippen LogP contribution in [0.2, 0.25) is 5.15 Å². The first kappa shape index (κ1) is 26.3. The molecule has 1 heterocycles. The molecule has 2 aromatic carbocycles. The summed E-state index contributed by atoms with van der Waals surface area (Å²) in [5.41, 5.74) is -1.04. The molecule has 3 rings (SSSR count). The van der Waals surface area contributed by atoms with Crippen LogP contribution < -0.4 is 4.74 Å². The normalized spacial score (nSPS) is 12.5. The molecule has 0 aliphatic carbocycles. The maximum absolute atomic E-state index is 13.9. The van der Waals surface area contributed by atoms with Crippen molar-refractivity contribution in [2.75, 3.05) is 0 Å². The summed E-state index contributed by atoms with van der Waals surface area (Å²) >= 11 is 11.4. The van der Waals surface area contributed by atoms with Crippen LogP contribution in [0.25, 0.3) is 11.3 Å². The number of nitriles is 1. The van der Waals surface area contributed by atoms with E-state index < -0.39 is 28.4 Å². The molecule has 0 N–H and O–H groups in total. The first-order valence-corrected chi connectivity index (χ1v) is 11.1. The highest BCUT2D eigenvalue weighted by atomic mass is 35.5. The zero-order valence-corrected chi connectivity index (χ0v) is 20.8. The van der Waals surface area contributed by atoms with E-state index >= 15 is 0 Å². The third-order valence-electron chi connectivity index (χ3n) is 4.98. The second-order valence-corrected chi connectivity index (χ2v) is 9.24. The molecule has 10 heteroatoms. The van der Waals surface area contributed by atoms with E-state index in [-0.39, 0.29) is 16.1 Å². The van der Waals surface area contributed by atoms with Crippen molar-refractivity contribution < 1.29 is 22.6 Å². The highest BCUT2D eigenvalue weighted by molar-refractivity contribution is 7.79. The second kappa shape index (κ2) is 10.1. The van der Waals surface area contributed by atoms with Gasteiger partial charge in [0.25, 0.3) is 0 Å². The van der Waals surface area contributed by atoms with E-state index in [4.69, 9.17) is 33.3 Å². The van der Waals surface area contributed by atoms with Gasteiger partial charge in [-0.25, -0.2) is 0 Å². The fourth-order valence-electron chi connectivity index (χ4n) is 3.20. The lowest BCUT2D eigenvalue weighted by Gasteiger charge is -2.19. The lowest BCUT2D eigenvalue weighted by Crippen LogP contribution is -2.14. The van der Waals surface area contributed by atoms with Crippen molar-refractivity contribution in [3.05, 3.63) is 82.1 Å². The number of aromatic nitrogens is 2. The van der Waals surface area contributed by atoms with Gasteiger partial charge in [0.05, 0.1) is 5.56 Å². The molecule has 0 radical (unpaired) electrons. The molecule has 35 heavy (non-hydrogen) atoms. The van der Waals surface area contributed by atoms with Gasteiger partial charge in [-0.2, -0.15) is 23.5 Å². The molecular formula is C25H21ClF3N3O2S. The van der Waals surface area contributed by atoms with E-state index in [2.05, 4.69) is 5.10 Å². The fourth-order valence-corrected chi connectivity index (χ4v) is 3.60. The van der Waals surface area contributed by atoms with Gasteiger partial charge in [0.2, 0.25) is 0 Å². The van der Waals surface area contributed by atoms with Gasteiger partial charge in [-0.3, -0.25) is 4.68 Å². The van der Waals surface area contributed by atoms with Gasteiger partial charge in [0, 0.05) is 19.3 Å². The highest BCUT2D eigenvalue weighted by Gasteiger charge is 2.41. The van der Waals surface area contributed by atoms with Crippen molar-refractivity contribution in [1.29, 1.82) is 5.26 Å². The number of aryl methyl sites for hydroxylation is 1. The minimum atomic E-state index is -4.88. The second-order valence-electron chi connectivity index (χ2n) is 8.55. The first-order valence-electron chi connectivity index (χ1n) is 10.3. The predicted octanol–water partition coefficient (Wildman–Crippen LogP) is 7.16. The molecule has 0 saturated heterocycles. The van der Waals surface area contributed by atoms with E-state index in [0.717, 1.165) is 10.2 Å². The van der Waals surface area contributed by atoms with Gasteiger partial charge < -0.3 is 9.47 Å². The Morgan fingerprint density at radius 3 is 2.17 bits per heavy atom. The van der Waals surface area contributed by atoms with Gasteiger partial charge in [-0.15, -0.1) is 0 Å². The van der Waals surface area contributed by atoms with Crippen LogP contribution in [0, 0.1) is 11.3 Å². The first-order chi connectivity index (χ1) is 16.3. The number of ether oxygens (including phenoxy) is 2. The molecule has 0 amide bonds. The average molecular weight is 520 g/mol. The molecule has 0 saturated carbocycles. The Balaban J connectivity index is 2.21. The number of allylic oxidation sites excluding steroid dienone is 1. The number of hydrogen-bond acceptors (Lipinski definition) is 5. The Bertz CT molecular complexity index is 1300. The number of nitrogens with zero attached hydrogens (tertiary/aromatic N) is 3. The molecule has 3 aromatic rings. The van der Waals surface area contributed by atoms with Crippen molar-refractivity contribution in [1.82, 2.24) is 9.78 Å². The summed E-state index contributed by atoms with van der Waals surface area (Å²) in [7, 11) is 1.25. The van der Waals surface area contributed by atoms with E-state index in [1.165, 1.54) is 7.05 Å². The monoisotopic (exact) mass is 519 g/mol. The third-order valence-corrected chi connectivity index (χ3v) is 5.58. The zero-order chi connectivity index (χ0) is 26.0. The van der Waals surface area contributed by atoms with Crippen LogP contribution in [0.15, 0.2) is 54.6 Å². The molecule has 0 atom stereocenters. The molecular weight excluding hydrogens is 499 g/mol. The maximum Gasteiger partial charge on any atom is 0.435 e. The molecule has 182 valence electrons. The number of rotatable bonds is 4. The summed E-state index contributed by atoms with van der Waals surface area (Å²) in [4.78, 5) is 0. The fraction of sp³-hybridized carbons (Fsp3) is 0.240. The molecule has 0 fully saturated rings. The molecule has 5 nitrogen and oxygen atoms in total. The SMILES string of the molecule is Cn1nc(C(F)(F)F)c(/C(OC(=S)Oc2ccccc2)=C(\C#N)c2ccc(C(C)(C)C)cc2)c1Cl. The number of benzene rings is 2. The Morgan fingerprint density at radius 2 is 1.66 bits per heavy atom. The van der Waals surface area contributed by atoms with Crippen molar-refractivity contribution >= 4 is 40.4 Å². The van der Waals surface area contributed by atoms with E-state index in [0.29, 0.717) is 11.3 Å². The number of alkyl halides is 3. The Morgan fingerprint density at radius 1 is 1.06 bits per heavy atom. The lowest BCUT2D eigenvalue weighted by molar-refractivity contribution is -0.141. The van der Waals surface area contributed by atoms with Gasteiger partial charge in [0.15, 0.2) is 11.5 Å². The van der Waals surface area contributed by atoms with Crippen LogP contribution in [0.1, 0.15) is 43.2 Å². The maximum atomic E-state index is 13.9. The number of thiocarbonyl (C=S) groups is 1. The van der Waals surface area contributed by atoms with Crippen LogP contribution in [0.4, 0.5) is 13.2 Å². The van der Waals surface area contributed by atoms with Crippen LogP contribution in [-0.4, -0.2) is 15.0 Å². The minimum absolute atomic E-state index is 0.171. The van der Waals surface area contributed by atoms with Crippen molar-refractivity contribution in [3.63, 3.8) is 0 Å². The molecule has 0 spiro atoms. The highest BCUT2D eigenvalue weighted by Crippen LogP contribution is 2.41. The van der Waals surface area contributed by atoms with Crippen molar-refractivity contribution in [3.8, 4) is 11.8 Å². The Labute approximate surface area is 211 Å². The molecule has 1 aromatic heterocycles. The van der Waals surface area contributed by atoms with Crippen LogP contribution in [0.3, 0.4) is 0 Å². The predicted molar refractivity (Wildman–Crippen MR) is 132 cm³/mol. The minimum Gasteiger partial charge on any atom is -0.417 e. The molecule has 0 bridgehead atoms. The smallest absolute Gasteiger partial charge is 0.417 e. The Hall–Kier alpha value is -3.35. The standard InChI is InChI=1S/C25H21ClF3N3O2S/c1-24(2,3)16-12-10-15(11-13-16)18(14-30)20(34-23(35)33-17-8-6-5-7-9-17)19-21(25(27,28)29)31-32(4)22(19)26/h5-13H,1-4H3/b20-18-. The number of halogens is 4. The van der Waals surface area contributed by atoms with Crippen molar-refractivity contribution in [2.24, 2.45) is 7.05 Å². The molecule has 0 unspecified atom stereocenters. The Kier molecular flexibility index (Phi) is 7.58. The number of hydrogen-bond donors (Lipinski definition) is 0. The zero-order valence-electron chi connectivity index (χ0n) is 19.3. The third kappa shape index (κ3) is 6.02. The van der Waals surface area contributed by atoms with Gasteiger partial charge in [0.1, 0.15) is 22.5 Å². The van der Waals surface area contributed by atoms with Gasteiger partial charge in [-0.1, -0.05) is 74.8 Å². The molecule has 0 aliphatic heterocycles. The summed E-state index contributed by atoms with van der Waals surface area (Å²) in [5.74, 6) is -0.208. The summed E-state index contributed by atoms with van der Waals surface area (Å²) in [5, 5.41) is 12.6. The van der Waals surface area contributed by atoms with Gasteiger partial charge in [-0.05, 0) is 28.7 Å². The summed E-state index contributed by atoms with van der Waals surface area (Å²) in [6, 6.07) is 17.1. The van der Waals surface area contributed by atoms with Gasteiger partial charge >= 0.3 is 11.4 Å². The summed E-state index contributed by atoms with van der Waals surface area (Å²) < 4.78 is 53.5. The van der Waals surface area contributed by atoms with E-state index in [9.17, 15) is 18.4 Å². The van der Waals surface area contributed by atoms with Crippen molar-refractivity contribution in [2.45, 2.75) is 32.4 Å². The largest absolute Gasteiger partial charge is 0.435 e. The topological polar surface area (TPSA) is 60.1 Å².